The van der Waals surface area contributed by atoms with Crippen LogP contribution in [-0.2, 0) is 16.6 Å². The van der Waals surface area contributed by atoms with Gasteiger partial charge in [-0.25, -0.2) is 13.6 Å². The van der Waals surface area contributed by atoms with Crippen LogP contribution in [0.1, 0.15) is 4.88 Å². The molecular weight excluding hydrogens is 306 g/mol. The molecule has 0 amide bonds. The molecule has 0 radical (unpaired) electrons. The van der Waals surface area contributed by atoms with Gasteiger partial charge in [-0.1, -0.05) is 11.6 Å². The van der Waals surface area contributed by atoms with Crippen LogP contribution in [0.25, 0.3) is 0 Å². The zero-order chi connectivity index (χ0) is 14.0. The fraction of sp³-hybridized carbons (Fsp3) is 0.0909. The van der Waals surface area contributed by atoms with Crippen LogP contribution in [0.4, 0.5) is 11.4 Å². The van der Waals surface area contributed by atoms with Crippen molar-refractivity contribution in [2.45, 2.75) is 11.4 Å². The molecule has 1 aromatic heterocycles. The number of hydrogen-bond acceptors (Lipinski definition) is 5. The molecule has 19 heavy (non-hydrogen) atoms. The van der Waals surface area contributed by atoms with Crippen LogP contribution in [0.5, 0.6) is 0 Å². The minimum absolute atomic E-state index is 0.0217. The second kappa shape index (κ2) is 5.38. The Labute approximate surface area is 120 Å². The van der Waals surface area contributed by atoms with Gasteiger partial charge in [0.25, 0.3) is 0 Å². The van der Waals surface area contributed by atoms with Crippen molar-refractivity contribution in [2.75, 3.05) is 11.1 Å². The largest absolute Gasteiger partial charge is 0.397 e. The van der Waals surface area contributed by atoms with E-state index in [1.54, 1.807) is 6.07 Å². The highest BCUT2D eigenvalue weighted by Gasteiger charge is 2.10. The van der Waals surface area contributed by atoms with Crippen LogP contribution in [0.15, 0.2) is 35.2 Å². The van der Waals surface area contributed by atoms with E-state index in [1.807, 2.05) is 6.07 Å². The number of rotatable bonds is 4. The number of thiophene rings is 1. The molecule has 2 aromatic rings. The smallest absolute Gasteiger partial charge is 0.238 e. The number of halogens is 1. The third-order valence-electron chi connectivity index (χ3n) is 2.44. The first-order chi connectivity index (χ1) is 8.86. The van der Waals surface area contributed by atoms with Crippen LogP contribution in [0, 0.1) is 0 Å². The first-order valence-corrected chi connectivity index (χ1v) is 8.01. The second-order valence-corrected chi connectivity index (χ2v) is 7.21. The number of nitrogen functional groups attached to an aromatic ring is 1. The molecule has 0 aliphatic heterocycles. The van der Waals surface area contributed by atoms with Gasteiger partial charge in [0.2, 0.25) is 10.0 Å². The lowest BCUT2D eigenvalue weighted by atomic mass is 10.2. The maximum absolute atomic E-state index is 11.3. The van der Waals surface area contributed by atoms with Gasteiger partial charge in [-0.15, -0.1) is 11.3 Å². The number of hydrogen-bond donors (Lipinski definition) is 3. The third kappa shape index (κ3) is 3.60. The van der Waals surface area contributed by atoms with Gasteiger partial charge in [0.05, 0.1) is 20.6 Å². The number of anilines is 2. The monoisotopic (exact) mass is 317 g/mol. The molecule has 8 heteroatoms. The Morgan fingerprint density at radius 1 is 1.26 bits per heavy atom. The molecule has 0 aliphatic carbocycles. The van der Waals surface area contributed by atoms with Crippen molar-refractivity contribution in [3.05, 3.63) is 39.5 Å². The van der Waals surface area contributed by atoms with Gasteiger partial charge in [-0.05, 0) is 30.3 Å². The van der Waals surface area contributed by atoms with E-state index in [9.17, 15) is 8.42 Å². The van der Waals surface area contributed by atoms with Gasteiger partial charge >= 0.3 is 0 Å². The summed E-state index contributed by atoms with van der Waals surface area (Å²) in [5, 5.41) is 8.14. The fourth-order valence-electron chi connectivity index (χ4n) is 1.49. The minimum atomic E-state index is -3.73. The predicted octanol–water partition coefficient (Wildman–Crippen LogP) is 2.24. The topological polar surface area (TPSA) is 98.2 Å². The quantitative estimate of drug-likeness (QED) is 0.753. The Bertz CT molecular complexity index is 698. The van der Waals surface area contributed by atoms with E-state index in [0.717, 1.165) is 4.88 Å². The SMILES string of the molecule is Nc1ccc(S(N)(=O)=O)cc1NCc1ccc(Cl)s1. The van der Waals surface area contributed by atoms with Crippen molar-refractivity contribution >= 4 is 44.3 Å². The molecule has 0 fully saturated rings. The van der Waals surface area contributed by atoms with E-state index in [1.165, 1.54) is 29.5 Å². The number of benzene rings is 1. The molecule has 0 spiro atoms. The Morgan fingerprint density at radius 3 is 2.58 bits per heavy atom. The summed E-state index contributed by atoms with van der Waals surface area (Å²) in [7, 11) is -3.73. The highest BCUT2D eigenvalue weighted by Crippen LogP contribution is 2.25. The molecule has 0 saturated heterocycles. The molecule has 2 rings (SSSR count). The average Bonchev–Trinajstić information content (AvgIpc) is 2.72. The normalized spacial score (nSPS) is 11.5. The number of primary sulfonamides is 1. The molecule has 0 saturated carbocycles. The molecule has 0 atom stereocenters. The lowest BCUT2D eigenvalue weighted by Gasteiger charge is -2.09. The first-order valence-electron chi connectivity index (χ1n) is 5.26. The number of sulfonamides is 1. The first kappa shape index (κ1) is 14.1. The standard InChI is InChI=1S/C11H12ClN3O2S2/c12-11-4-1-7(18-11)6-15-10-5-8(19(14,16)17)2-3-9(10)13/h1-5,15H,6,13H2,(H2,14,16,17). The molecule has 1 aromatic carbocycles. The summed E-state index contributed by atoms with van der Waals surface area (Å²) >= 11 is 7.27. The summed E-state index contributed by atoms with van der Waals surface area (Å²) in [6.45, 7) is 0.510. The van der Waals surface area contributed by atoms with Crippen molar-refractivity contribution in [1.29, 1.82) is 0 Å². The van der Waals surface area contributed by atoms with E-state index >= 15 is 0 Å². The maximum Gasteiger partial charge on any atom is 0.238 e. The van der Waals surface area contributed by atoms with Gasteiger partial charge in [-0.2, -0.15) is 0 Å². The molecule has 5 N–H and O–H groups in total. The highest BCUT2D eigenvalue weighted by molar-refractivity contribution is 7.89. The van der Waals surface area contributed by atoms with Crippen molar-refractivity contribution < 1.29 is 8.42 Å². The van der Waals surface area contributed by atoms with E-state index in [0.29, 0.717) is 22.3 Å². The third-order valence-corrected chi connectivity index (χ3v) is 4.58. The molecule has 0 aliphatic rings. The summed E-state index contributed by atoms with van der Waals surface area (Å²) < 4.78 is 23.2. The number of nitrogens with two attached hydrogens (primary N) is 2. The summed E-state index contributed by atoms with van der Waals surface area (Å²) in [5.41, 5.74) is 6.76. The van der Waals surface area contributed by atoms with E-state index < -0.39 is 10.0 Å². The summed E-state index contributed by atoms with van der Waals surface area (Å²) in [6.07, 6.45) is 0. The zero-order valence-corrected chi connectivity index (χ0v) is 12.1. The molecule has 1 heterocycles. The Kier molecular flexibility index (Phi) is 4.00. The van der Waals surface area contributed by atoms with Gasteiger partial charge in [-0.3, -0.25) is 0 Å². The van der Waals surface area contributed by atoms with Gasteiger partial charge in [0.15, 0.2) is 0 Å². The molecule has 0 unspecified atom stereocenters. The Morgan fingerprint density at radius 2 is 2.00 bits per heavy atom. The van der Waals surface area contributed by atoms with Gasteiger partial charge in [0, 0.05) is 11.4 Å². The van der Waals surface area contributed by atoms with Crippen LogP contribution in [-0.4, -0.2) is 8.42 Å². The van der Waals surface area contributed by atoms with Crippen LogP contribution >= 0.6 is 22.9 Å². The highest BCUT2D eigenvalue weighted by atomic mass is 35.5. The lowest BCUT2D eigenvalue weighted by Crippen LogP contribution is -2.13. The average molecular weight is 318 g/mol. The van der Waals surface area contributed by atoms with Gasteiger partial charge in [0.1, 0.15) is 0 Å². The number of nitrogens with one attached hydrogen (secondary N) is 1. The molecule has 0 bridgehead atoms. The van der Waals surface area contributed by atoms with Gasteiger partial charge < -0.3 is 11.1 Å². The molecule has 102 valence electrons. The van der Waals surface area contributed by atoms with E-state index in [4.69, 9.17) is 22.5 Å². The van der Waals surface area contributed by atoms with Crippen LogP contribution < -0.4 is 16.2 Å². The maximum atomic E-state index is 11.3. The summed E-state index contributed by atoms with van der Waals surface area (Å²) in [5.74, 6) is 0. The Hall–Kier alpha value is -1.28. The zero-order valence-electron chi connectivity index (χ0n) is 9.76. The second-order valence-electron chi connectivity index (χ2n) is 3.85. The molecule has 5 nitrogen and oxygen atoms in total. The lowest BCUT2D eigenvalue weighted by molar-refractivity contribution is 0.598. The van der Waals surface area contributed by atoms with E-state index in [-0.39, 0.29) is 4.90 Å². The fourth-order valence-corrected chi connectivity index (χ4v) is 3.06. The van der Waals surface area contributed by atoms with Crippen molar-refractivity contribution in [3.8, 4) is 0 Å². The predicted molar refractivity (Wildman–Crippen MR) is 78.9 cm³/mol. The Balaban J connectivity index is 2.20. The van der Waals surface area contributed by atoms with Crippen LogP contribution in [0.3, 0.4) is 0 Å². The summed E-state index contributed by atoms with van der Waals surface area (Å²) in [6, 6.07) is 7.98. The van der Waals surface area contributed by atoms with Crippen molar-refractivity contribution in [2.24, 2.45) is 5.14 Å². The minimum Gasteiger partial charge on any atom is -0.397 e. The van der Waals surface area contributed by atoms with Crippen molar-refractivity contribution in [3.63, 3.8) is 0 Å². The summed E-state index contributed by atoms with van der Waals surface area (Å²) in [4.78, 5) is 1.04. The van der Waals surface area contributed by atoms with E-state index in [2.05, 4.69) is 5.32 Å². The van der Waals surface area contributed by atoms with Crippen molar-refractivity contribution in [1.82, 2.24) is 0 Å². The molecular formula is C11H12ClN3O2S2. The van der Waals surface area contributed by atoms with Crippen LogP contribution in [0.2, 0.25) is 4.34 Å².